The fraction of sp³-hybridized carbons (Fsp3) is 0. The Hall–Kier alpha value is -4.60. The van der Waals surface area contributed by atoms with E-state index in [4.69, 9.17) is 0 Å². The van der Waals surface area contributed by atoms with E-state index in [2.05, 4.69) is 118 Å². The highest BCUT2D eigenvalue weighted by Gasteiger charge is 2.22. The molecule has 0 fully saturated rings. The van der Waals surface area contributed by atoms with Gasteiger partial charge in [-0.25, -0.2) is 0 Å². The molecule has 0 saturated heterocycles. The Kier molecular flexibility index (Phi) is 3.12. The minimum Gasteiger partial charge on any atom is -0.308 e. The molecule has 0 aliphatic carbocycles. The first-order chi connectivity index (χ1) is 18.4. The maximum Gasteiger partial charge on any atom is 0.109 e. The lowest BCUT2D eigenvalue weighted by Crippen LogP contribution is -1.78. The molecule has 0 spiro atoms. The van der Waals surface area contributed by atoms with Crippen LogP contribution in [0.3, 0.4) is 0 Å². The Balaban J connectivity index is 1.36. The molecule has 37 heavy (non-hydrogen) atoms. The number of rotatable bonds is 1. The van der Waals surface area contributed by atoms with E-state index in [-0.39, 0.29) is 0 Å². The lowest BCUT2D eigenvalue weighted by molar-refractivity contribution is 1.37. The van der Waals surface area contributed by atoms with Gasteiger partial charge in [-0.3, -0.25) is 4.40 Å². The molecule has 5 aromatic heterocycles. The molecule has 5 aromatic carbocycles. The van der Waals surface area contributed by atoms with E-state index in [1.807, 2.05) is 11.3 Å². The zero-order valence-corrected chi connectivity index (χ0v) is 20.5. The van der Waals surface area contributed by atoms with Gasteiger partial charge in [-0.15, -0.1) is 11.3 Å². The molecule has 170 valence electrons. The van der Waals surface area contributed by atoms with Crippen molar-refractivity contribution < 1.29 is 0 Å². The van der Waals surface area contributed by atoms with Crippen molar-refractivity contribution in [3.63, 3.8) is 0 Å². The fourth-order valence-corrected chi connectivity index (χ4v) is 8.10. The largest absolute Gasteiger partial charge is 0.308 e. The van der Waals surface area contributed by atoms with Crippen LogP contribution in [0.1, 0.15) is 0 Å². The smallest absolute Gasteiger partial charge is 0.109 e. The number of nitrogens with zero attached hydrogens (tertiary/aromatic N) is 2. The molecular formula is C34H18N2S. The molecule has 0 aliphatic rings. The number of benzene rings is 5. The summed E-state index contributed by atoms with van der Waals surface area (Å²) in [6, 6.07) is 40.5. The first-order valence-corrected chi connectivity index (χ1v) is 13.5. The quantitative estimate of drug-likeness (QED) is 0.218. The number of aromatic nitrogens is 2. The summed E-state index contributed by atoms with van der Waals surface area (Å²) in [6.45, 7) is 0. The summed E-state index contributed by atoms with van der Waals surface area (Å²) in [6.07, 6.45) is 0. The van der Waals surface area contributed by atoms with Crippen LogP contribution in [0.15, 0.2) is 109 Å². The molecule has 5 heterocycles. The zero-order chi connectivity index (χ0) is 23.8. The monoisotopic (exact) mass is 486 g/mol. The Morgan fingerprint density at radius 3 is 1.54 bits per heavy atom. The molecule has 0 aliphatic heterocycles. The van der Waals surface area contributed by atoms with Crippen molar-refractivity contribution >= 4 is 86.8 Å². The van der Waals surface area contributed by atoms with Gasteiger partial charge < -0.3 is 4.40 Å². The maximum atomic E-state index is 2.49. The molecule has 0 radical (unpaired) electrons. The van der Waals surface area contributed by atoms with Crippen LogP contribution in [0.4, 0.5) is 0 Å². The van der Waals surface area contributed by atoms with Gasteiger partial charge in [0, 0.05) is 48.0 Å². The molecule has 10 rings (SSSR count). The summed E-state index contributed by atoms with van der Waals surface area (Å²) in [5, 5.41) is 10.7. The number of para-hydroxylation sites is 4. The molecule has 10 aromatic rings. The highest BCUT2D eigenvalue weighted by molar-refractivity contribution is 7.22. The summed E-state index contributed by atoms with van der Waals surface area (Å²) in [4.78, 5) is 2.66. The normalized spacial score (nSPS) is 12.9. The molecule has 3 heteroatoms. The average Bonchev–Trinajstić information content (AvgIpc) is 3.73. The van der Waals surface area contributed by atoms with Crippen molar-refractivity contribution in [2.24, 2.45) is 0 Å². The predicted octanol–water partition coefficient (Wildman–Crippen LogP) is 9.72. The Bertz CT molecular complexity index is 2440. The van der Waals surface area contributed by atoms with E-state index in [1.165, 1.54) is 85.9 Å². The first kappa shape index (κ1) is 18.6. The second-order valence-corrected chi connectivity index (χ2v) is 11.2. The number of hydrogen-bond donors (Lipinski definition) is 0. The fourth-order valence-electron chi connectivity index (χ4n) is 6.92. The van der Waals surface area contributed by atoms with Gasteiger partial charge in [-0.2, -0.15) is 0 Å². The third-order valence-corrected chi connectivity index (χ3v) is 9.56. The molecule has 0 unspecified atom stereocenters. The van der Waals surface area contributed by atoms with E-state index >= 15 is 0 Å². The van der Waals surface area contributed by atoms with E-state index in [0.717, 1.165) is 0 Å². The van der Waals surface area contributed by atoms with Gasteiger partial charge >= 0.3 is 0 Å². The molecule has 0 amide bonds. The summed E-state index contributed by atoms with van der Waals surface area (Å²) >= 11 is 1.91. The van der Waals surface area contributed by atoms with Gasteiger partial charge in [-0.05, 0) is 42.0 Å². The van der Waals surface area contributed by atoms with Gasteiger partial charge in [0.1, 0.15) is 4.83 Å². The highest BCUT2D eigenvalue weighted by atomic mass is 32.1. The van der Waals surface area contributed by atoms with Gasteiger partial charge in [0.15, 0.2) is 0 Å². The van der Waals surface area contributed by atoms with Crippen LogP contribution in [0.2, 0.25) is 0 Å². The molecule has 0 saturated carbocycles. The Morgan fingerprint density at radius 1 is 0.405 bits per heavy atom. The van der Waals surface area contributed by atoms with Crippen molar-refractivity contribution in [1.82, 2.24) is 8.80 Å². The van der Waals surface area contributed by atoms with Gasteiger partial charge in [-0.1, -0.05) is 72.8 Å². The Labute approximate surface area is 214 Å². The van der Waals surface area contributed by atoms with Gasteiger partial charge in [0.05, 0.1) is 27.6 Å². The van der Waals surface area contributed by atoms with E-state index in [9.17, 15) is 0 Å². The van der Waals surface area contributed by atoms with Crippen molar-refractivity contribution in [2.45, 2.75) is 0 Å². The predicted molar refractivity (Wildman–Crippen MR) is 159 cm³/mol. The van der Waals surface area contributed by atoms with Gasteiger partial charge in [0.2, 0.25) is 0 Å². The highest BCUT2D eigenvalue weighted by Crippen LogP contribution is 2.46. The van der Waals surface area contributed by atoms with E-state index in [0.29, 0.717) is 0 Å². The number of thiophene rings is 1. The molecule has 0 bridgehead atoms. The SMILES string of the molecule is c1ccc2c(c1)c1cc(-c3cc4c5cccc6c7ccccc7n(c4s3)c65)cc3c4ccccc4n2c13. The number of fused-ring (bicyclic) bond motifs is 12. The third-order valence-electron chi connectivity index (χ3n) is 8.39. The van der Waals surface area contributed by atoms with Crippen LogP contribution >= 0.6 is 11.3 Å². The van der Waals surface area contributed by atoms with Crippen LogP contribution in [-0.2, 0) is 0 Å². The summed E-state index contributed by atoms with van der Waals surface area (Å²) in [5.74, 6) is 0. The topological polar surface area (TPSA) is 8.82 Å². The van der Waals surface area contributed by atoms with Crippen molar-refractivity contribution in [3.8, 4) is 10.4 Å². The van der Waals surface area contributed by atoms with Gasteiger partial charge in [0.25, 0.3) is 0 Å². The minimum absolute atomic E-state index is 1.28. The van der Waals surface area contributed by atoms with Crippen molar-refractivity contribution in [2.75, 3.05) is 0 Å². The lowest BCUT2D eigenvalue weighted by atomic mass is 10.0. The maximum absolute atomic E-state index is 2.49. The zero-order valence-electron chi connectivity index (χ0n) is 19.7. The van der Waals surface area contributed by atoms with Crippen LogP contribution in [0.5, 0.6) is 0 Å². The van der Waals surface area contributed by atoms with Crippen molar-refractivity contribution in [1.29, 1.82) is 0 Å². The van der Waals surface area contributed by atoms with Crippen LogP contribution in [0, 0.1) is 0 Å². The average molecular weight is 487 g/mol. The van der Waals surface area contributed by atoms with Crippen LogP contribution in [-0.4, -0.2) is 8.80 Å². The number of hydrogen-bond acceptors (Lipinski definition) is 1. The third kappa shape index (κ3) is 2.07. The lowest BCUT2D eigenvalue weighted by Gasteiger charge is -2.01. The van der Waals surface area contributed by atoms with Crippen LogP contribution in [0.25, 0.3) is 85.9 Å². The molecular weight excluding hydrogens is 468 g/mol. The van der Waals surface area contributed by atoms with E-state index in [1.54, 1.807) is 0 Å². The summed E-state index contributed by atoms with van der Waals surface area (Å²) in [7, 11) is 0. The standard InChI is InChI=1S/C34H18N2S/c1-6-15-30-20(8-1)23-11-7-12-24-27-18-31(37-34(27)36(30)32(23)24)19-16-25-21-9-2-4-13-28(21)35-29-14-5-3-10-22(29)26(17-19)33(25)35/h1-18H. The molecule has 0 atom stereocenters. The second-order valence-electron chi connectivity index (χ2n) is 10.2. The van der Waals surface area contributed by atoms with Crippen LogP contribution < -0.4 is 0 Å². The molecule has 2 nitrogen and oxygen atoms in total. The Morgan fingerprint density at radius 2 is 0.892 bits per heavy atom. The van der Waals surface area contributed by atoms with Crippen molar-refractivity contribution in [3.05, 3.63) is 109 Å². The summed E-state index contributed by atoms with van der Waals surface area (Å²) in [5.41, 5.74) is 7.84. The second kappa shape index (κ2) is 6.20. The minimum atomic E-state index is 1.28. The first-order valence-electron chi connectivity index (χ1n) is 12.7. The molecule has 0 N–H and O–H groups in total. The van der Waals surface area contributed by atoms with E-state index < -0.39 is 0 Å². The summed E-state index contributed by atoms with van der Waals surface area (Å²) < 4.78 is 4.94.